The number of nitro groups is 1. The molecule has 2 aromatic carbocycles. The molecule has 0 heterocycles. The highest BCUT2D eigenvalue weighted by atomic mass is 35.5. The largest absolute Gasteiger partial charge is 0.488 e. The van der Waals surface area contributed by atoms with Gasteiger partial charge in [-0.2, -0.15) is 0 Å². The van der Waals surface area contributed by atoms with Crippen LogP contribution in [0.4, 0.5) is 11.4 Å². The van der Waals surface area contributed by atoms with E-state index in [1.807, 2.05) is 13.0 Å². The summed E-state index contributed by atoms with van der Waals surface area (Å²) in [7, 11) is 0. The van der Waals surface area contributed by atoms with Crippen LogP contribution in [-0.2, 0) is 6.61 Å². The maximum Gasteiger partial charge on any atom is 0.292 e. The number of aryl methyl sites for hydroxylation is 1. The number of nitro benzene ring substituents is 1. The Morgan fingerprint density at radius 1 is 1.35 bits per heavy atom. The van der Waals surface area contributed by atoms with Gasteiger partial charge < -0.3 is 10.5 Å². The third-order valence-electron chi connectivity index (χ3n) is 2.90. The summed E-state index contributed by atoms with van der Waals surface area (Å²) in [4.78, 5) is 10.3. The van der Waals surface area contributed by atoms with Crippen LogP contribution < -0.4 is 10.5 Å². The number of anilines is 1. The van der Waals surface area contributed by atoms with E-state index in [-0.39, 0.29) is 18.0 Å². The van der Waals surface area contributed by atoms with E-state index in [1.165, 1.54) is 6.07 Å². The second-order valence-corrected chi connectivity index (χ2v) is 4.74. The Morgan fingerprint density at radius 2 is 2.10 bits per heavy atom. The first-order valence-electron chi connectivity index (χ1n) is 5.89. The molecule has 104 valence electrons. The van der Waals surface area contributed by atoms with E-state index in [2.05, 4.69) is 0 Å². The number of rotatable bonds is 4. The van der Waals surface area contributed by atoms with E-state index in [1.54, 1.807) is 24.3 Å². The Labute approximate surface area is 121 Å². The minimum atomic E-state index is -0.510. The van der Waals surface area contributed by atoms with E-state index >= 15 is 0 Å². The number of ether oxygens (including phenoxy) is 1. The van der Waals surface area contributed by atoms with Gasteiger partial charge in [0.15, 0.2) is 0 Å². The summed E-state index contributed by atoms with van der Waals surface area (Å²) in [5.74, 6) is 0.628. The molecule has 0 unspecified atom stereocenters. The molecule has 2 N–H and O–H groups in total. The average Bonchev–Trinajstić information content (AvgIpc) is 2.41. The van der Waals surface area contributed by atoms with Crippen LogP contribution in [0.2, 0.25) is 5.02 Å². The van der Waals surface area contributed by atoms with Crippen LogP contribution in [0.25, 0.3) is 0 Å². The Bertz CT molecular complexity index is 659. The quantitative estimate of drug-likeness (QED) is 0.529. The van der Waals surface area contributed by atoms with Crippen LogP contribution >= 0.6 is 11.6 Å². The third kappa shape index (κ3) is 3.00. The number of nitrogens with two attached hydrogens (primary N) is 1. The monoisotopic (exact) mass is 292 g/mol. The summed E-state index contributed by atoms with van der Waals surface area (Å²) in [6, 6.07) is 9.95. The summed E-state index contributed by atoms with van der Waals surface area (Å²) in [6.45, 7) is 2.04. The maximum atomic E-state index is 10.8. The Balaban J connectivity index is 2.21. The summed E-state index contributed by atoms with van der Waals surface area (Å²) < 4.78 is 5.63. The molecule has 0 amide bonds. The van der Waals surface area contributed by atoms with Crippen LogP contribution in [0.1, 0.15) is 11.1 Å². The molecule has 0 aromatic heterocycles. The fourth-order valence-corrected chi connectivity index (χ4v) is 1.93. The summed E-state index contributed by atoms with van der Waals surface area (Å²) >= 11 is 5.90. The summed E-state index contributed by atoms with van der Waals surface area (Å²) in [6.07, 6.45) is 0. The maximum absolute atomic E-state index is 10.8. The van der Waals surface area contributed by atoms with Crippen molar-refractivity contribution < 1.29 is 9.66 Å². The Morgan fingerprint density at radius 3 is 2.80 bits per heavy atom. The molecule has 5 nitrogen and oxygen atoms in total. The molecule has 0 aliphatic heterocycles. The second kappa shape index (κ2) is 5.79. The van der Waals surface area contributed by atoms with Crippen LogP contribution in [0.5, 0.6) is 5.75 Å². The van der Waals surface area contributed by atoms with Gasteiger partial charge >= 0.3 is 0 Å². The molecule has 0 fully saturated rings. The Hall–Kier alpha value is -2.27. The number of halogens is 1. The molecule has 0 spiro atoms. The predicted molar refractivity (Wildman–Crippen MR) is 78.0 cm³/mol. The summed E-state index contributed by atoms with van der Waals surface area (Å²) in [5.41, 5.74) is 7.27. The highest BCUT2D eigenvalue weighted by molar-refractivity contribution is 6.30. The lowest BCUT2D eigenvalue weighted by Crippen LogP contribution is -2.04. The van der Waals surface area contributed by atoms with Gasteiger partial charge in [-0.1, -0.05) is 29.8 Å². The van der Waals surface area contributed by atoms with Gasteiger partial charge in [0.05, 0.1) is 4.92 Å². The lowest BCUT2D eigenvalue weighted by molar-refractivity contribution is -0.384. The number of hydrogen-bond donors (Lipinski definition) is 1. The minimum Gasteiger partial charge on any atom is -0.488 e. The molecule has 0 saturated heterocycles. The van der Waals surface area contributed by atoms with Gasteiger partial charge in [0.25, 0.3) is 5.69 Å². The van der Waals surface area contributed by atoms with Gasteiger partial charge in [-0.3, -0.25) is 10.1 Å². The molecule has 0 aliphatic rings. The molecular weight excluding hydrogens is 280 g/mol. The van der Waals surface area contributed by atoms with E-state index in [9.17, 15) is 10.1 Å². The topological polar surface area (TPSA) is 78.4 Å². The van der Waals surface area contributed by atoms with Gasteiger partial charge in [-0.15, -0.1) is 0 Å². The van der Waals surface area contributed by atoms with Gasteiger partial charge in [-0.25, -0.2) is 0 Å². The fraction of sp³-hybridized carbons (Fsp3) is 0.143. The molecule has 0 bridgehead atoms. The standard InChI is InChI=1S/C14H13ClN2O3/c1-9-5-6-11(15)7-13(9)20-8-10-3-2-4-12(14(10)16)17(18)19/h2-7H,8,16H2,1H3. The predicted octanol–water partition coefficient (Wildman–Crippen LogP) is 3.72. The number of para-hydroxylation sites is 1. The fourth-order valence-electron chi connectivity index (χ4n) is 1.77. The summed E-state index contributed by atoms with van der Waals surface area (Å²) in [5, 5.41) is 11.4. The molecule has 6 heteroatoms. The zero-order valence-corrected chi connectivity index (χ0v) is 11.6. The van der Waals surface area contributed by atoms with Crippen LogP contribution in [0.3, 0.4) is 0 Å². The van der Waals surface area contributed by atoms with Crippen molar-refractivity contribution in [2.45, 2.75) is 13.5 Å². The van der Waals surface area contributed by atoms with Crippen molar-refractivity contribution in [1.29, 1.82) is 0 Å². The van der Waals surface area contributed by atoms with Crippen molar-refractivity contribution in [1.82, 2.24) is 0 Å². The van der Waals surface area contributed by atoms with Gasteiger partial charge in [-0.05, 0) is 24.6 Å². The van der Waals surface area contributed by atoms with Gasteiger partial charge in [0, 0.05) is 16.7 Å². The number of nitrogens with zero attached hydrogens (tertiary/aromatic N) is 1. The average molecular weight is 293 g/mol. The SMILES string of the molecule is Cc1ccc(Cl)cc1OCc1cccc([N+](=O)[O-])c1N. The van der Waals surface area contributed by atoms with Crippen molar-refractivity contribution in [3.05, 3.63) is 62.7 Å². The normalized spacial score (nSPS) is 10.3. The van der Waals surface area contributed by atoms with Gasteiger partial charge in [0.2, 0.25) is 0 Å². The zero-order chi connectivity index (χ0) is 14.7. The van der Waals surface area contributed by atoms with Crippen LogP contribution in [-0.4, -0.2) is 4.92 Å². The molecule has 0 saturated carbocycles. The molecule has 0 aliphatic carbocycles. The molecule has 0 atom stereocenters. The van der Waals surface area contributed by atoms with E-state index in [4.69, 9.17) is 22.1 Å². The number of benzene rings is 2. The number of hydrogen-bond acceptors (Lipinski definition) is 4. The second-order valence-electron chi connectivity index (χ2n) is 4.31. The van der Waals surface area contributed by atoms with Crippen molar-refractivity contribution in [2.75, 3.05) is 5.73 Å². The van der Waals surface area contributed by atoms with Crippen molar-refractivity contribution in [3.63, 3.8) is 0 Å². The highest BCUT2D eigenvalue weighted by Crippen LogP contribution is 2.27. The zero-order valence-electron chi connectivity index (χ0n) is 10.8. The molecule has 2 rings (SSSR count). The molecule has 2 aromatic rings. The molecular formula is C14H13ClN2O3. The molecule has 0 radical (unpaired) electrons. The first-order valence-corrected chi connectivity index (χ1v) is 6.27. The van der Waals surface area contributed by atoms with Crippen LogP contribution in [0, 0.1) is 17.0 Å². The molecule has 20 heavy (non-hydrogen) atoms. The van der Waals surface area contributed by atoms with Crippen LogP contribution in [0.15, 0.2) is 36.4 Å². The first-order chi connectivity index (χ1) is 9.49. The van der Waals surface area contributed by atoms with Crippen molar-refractivity contribution in [3.8, 4) is 5.75 Å². The van der Waals surface area contributed by atoms with Crippen molar-refractivity contribution >= 4 is 23.0 Å². The van der Waals surface area contributed by atoms with E-state index < -0.39 is 4.92 Å². The minimum absolute atomic E-state index is 0.117. The third-order valence-corrected chi connectivity index (χ3v) is 3.14. The van der Waals surface area contributed by atoms with Crippen molar-refractivity contribution in [2.24, 2.45) is 0 Å². The Kier molecular flexibility index (Phi) is 4.10. The number of nitrogen functional groups attached to an aromatic ring is 1. The van der Waals surface area contributed by atoms with Gasteiger partial charge in [0.1, 0.15) is 18.0 Å². The first kappa shape index (κ1) is 14.1. The smallest absolute Gasteiger partial charge is 0.292 e. The van der Waals surface area contributed by atoms with E-state index in [0.717, 1.165) is 5.56 Å². The highest BCUT2D eigenvalue weighted by Gasteiger charge is 2.14. The lowest BCUT2D eigenvalue weighted by Gasteiger charge is -2.11. The lowest BCUT2D eigenvalue weighted by atomic mass is 10.1. The van der Waals surface area contributed by atoms with E-state index in [0.29, 0.717) is 16.3 Å².